The first-order chi connectivity index (χ1) is 35.2. The number of hydrogen-bond acceptors (Lipinski definition) is 10. The van der Waals surface area contributed by atoms with Crippen molar-refractivity contribution in [2.75, 3.05) is 26.4 Å². The molecule has 0 radical (unpaired) electrons. The number of phosphoric acid groups is 1. The van der Waals surface area contributed by atoms with Crippen LogP contribution in [0, 0.1) is 0 Å². The quantitative estimate of drug-likeness (QED) is 0.0197. The van der Waals surface area contributed by atoms with Crippen molar-refractivity contribution in [1.82, 2.24) is 0 Å². The van der Waals surface area contributed by atoms with E-state index in [1.165, 1.54) is 89.9 Å². The molecule has 0 heterocycles. The zero-order valence-electron chi connectivity index (χ0n) is 45.9. The Morgan fingerprint density at radius 2 is 0.722 bits per heavy atom. The molecule has 3 unspecified atom stereocenters. The first-order valence-electron chi connectivity index (χ1n) is 28.8. The fourth-order valence-corrected chi connectivity index (χ4v) is 8.51. The highest BCUT2D eigenvalue weighted by atomic mass is 31.2. The predicted molar refractivity (Wildman–Crippen MR) is 298 cm³/mol. The normalized spacial score (nSPS) is 13.9. The van der Waals surface area contributed by atoms with E-state index >= 15 is 0 Å². The molecule has 3 atom stereocenters. The second-order valence-electron chi connectivity index (χ2n) is 19.1. The maximum Gasteiger partial charge on any atom is 0.472 e. The number of hydrogen-bond donors (Lipinski definition) is 2. The first kappa shape index (κ1) is 68.9. The van der Waals surface area contributed by atoms with Gasteiger partial charge < -0.3 is 24.2 Å². The Hall–Kier alpha value is -3.08. The molecule has 0 rings (SSSR count). The molecule has 0 spiro atoms. The van der Waals surface area contributed by atoms with Crippen LogP contribution in [0.5, 0.6) is 0 Å². The molecule has 0 aliphatic rings. The zero-order valence-corrected chi connectivity index (χ0v) is 46.8. The number of aliphatic hydroxyl groups excluding tert-OH is 1. The number of esters is 3. The largest absolute Gasteiger partial charge is 0.472 e. The monoisotopic (exact) mass is 1030 g/mol. The van der Waals surface area contributed by atoms with Gasteiger partial charge in [0.2, 0.25) is 0 Å². The van der Waals surface area contributed by atoms with Crippen LogP contribution in [-0.2, 0) is 42.2 Å². The Morgan fingerprint density at radius 1 is 0.403 bits per heavy atom. The Kier molecular flexibility index (Phi) is 51.9. The van der Waals surface area contributed by atoms with E-state index in [-0.39, 0.29) is 25.9 Å². The number of carbonyl (C=O) groups excluding carboxylic acids is 3. The van der Waals surface area contributed by atoms with E-state index in [0.717, 1.165) is 103 Å². The molecule has 0 aliphatic carbocycles. The fraction of sp³-hybridized carbons (Fsp3) is 0.750. The summed E-state index contributed by atoms with van der Waals surface area (Å²) in [5.74, 6) is -1.49. The average Bonchev–Trinajstić information content (AvgIpc) is 3.37. The third-order valence-electron chi connectivity index (χ3n) is 12.1. The van der Waals surface area contributed by atoms with Crippen molar-refractivity contribution in [1.29, 1.82) is 0 Å². The highest BCUT2D eigenvalue weighted by molar-refractivity contribution is 7.47. The van der Waals surface area contributed by atoms with E-state index in [1.807, 2.05) is 0 Å². The van der Waals surface area contributed by atoms with Crippen LogP contribution in [0.15, 0.2) is 72.9 Å². The number of phosphoric ester groups is 1. The number of allylic oxidation sites excluding steroid dienone is 12. The van der Waals surface area contributed by atoms with Crippen molar-refractivity contribution in [3.05, 3.63) is 72.9 Å². The molecular weight excluding hydrogens is 928 g/mol. The molecule has 0 aliphatic heterocycles. The van der Waals surface area contributed by atoms with Crippen LogP contribution in [0.2, 0.25) is 0 Å². The second kappa shape index (κ2) is 54.2. The molecule has 2 N–H and O–H groups in total. The molecular formula is C60H105O11P. The second-order valence-corrected chi connectivity index (χ2v) is 20.5. The summed E-state index contributed by atoms with van der Waals surface area (Å²) in [5, 5.41) is 9.77. The number of ether oxygens (including phenoxy) is 3. The summed E-state index contributed by atoms with van der Waals surface area (Å²) >= 11 is 0. The van der Waals surface area contributed by atoms with Crippen LogP contribution in [-0.4, -0.2) is 66.5 Å². The van der Waals surface area contributed by atoms with Crippen LogP contribution < -0.4 is 0 Å². The summed E-state index contributed by atoms with van der Waals surface area (Å²) in [6, 6.07) is 0. The van der Waals surface area contributed by atoms with Crippen LogP contribution in [0.4, 0.5) is 0 Å². The summed E-state index contributed by atoms with van der Waals surface area (Å²) < 4.78 is 39.4. The van der Waals surface area contributed by atoms with Crippen LogP contribution in [0.25, 0.3) is 0 Å². The minimum atomic E-state index is -4.75. The highest BCUT2D eigenvalue weighted by Crippen LogP contribution is 2.43. The molecule has 12 heteroatoms. The van der Waals surface area contributed by atoms with Gasteiger partial charge in [-0.3, -0.25) is 23.4 Å². The molecule has 0 bridgehead atoms. The van der Waals surface area contributed by atoms with Gasteiger partial charge in [0.25, 0.3) is 0 Å². The van der Waals surface area contributed by atoms with E-state index < -0.39 is 57.8 Å². The van der Waals surface area contributed by atoms with Crippen molar-refractivity contribution in [2.45, 2.75) is 264 Å². The van der Waals surface area contributed by atoms with Crippen LogP contribution in [0.3, 0.4) is 0 Å². The lowest BCUT2D eigenvalue weighted by atomic mass is 10.1. The number of unbranched alkanes of at least 4 members (excludes halogenated alkanes) is 24. The molecule has 0 aromatic heterocycles. The summed E-state index contributed by atoms with van der Waals surface area (Å²) in [4.78, 5) is 48.4. The summed E-state index contributed by atoms with van der Waals surface area (Å²) in [7, 11) is -4.75. The van der Waals surface area contributed by atoms with Gasteiger partial charge in [-0.25, -0.2) is 4.57 Å². The smallest absolute Gasteiger partial charge is 0.462 e. The molecule has 0 saturated heterocycles. The van der Waals surface area contributed by atoms with Gasteiger partial charge in [0.05, 0.1) is 19.8 Å². The predicted octanol–water partition coefficient (Wildman–Crippen LogP) is 16.9. The van der Waals surface area contributed by atoms with E-state index in [2.05, 4.69) is 93.7 Å². The van der Waals surface area contributed by atoms with E-state index in [4.69, 9.17) is 23.3 Å². The lowest BCUT2D eigenvalue weighted by Crippen LogP contribution is -2.30. The Labute approximate surface area is 439 Å². The Bertz CT molecular complexity index is 1490. The molecule has 0 saturated carbocycles. The summed E-state index contributed by atoms with van der Waals surface area (Å²) in [6.07, 6.45) is 60.1. The van der Waals surface area contributed by atoms with Gasteiger partial charge in [-0.15, -0.1) is 0 Å². The standard InChI is InChI=1S/C60H105O11P/c1-4-7-10-13-16-19-21-23-25-27-28-30-31-33-35-38-40-43-46-49-58(62)67-53-57(71-60(64)51-48-45-42-39-36-34-32-29-26-24-22-20-17-14-11-8-5-2)55-69-72(65,66)68-54-56(52-61)70-59(63)50-47-44-41-37-18-15-12-9-6-3/h8,11,16-17,19-20,23-26,32,34,56-57,61H,4-7,9-10,12-15,18,21-22,27-31,33,35-55H2,1-3H3,(H,65,66)/b11-8-,19-16-,20-17-,25-23-,26-24-,34-32-. The van der Waals surface area contributed by atoms with Gasteiger partial charge in [-0.2, -0.15) is 0 Å². The minimum absolute atomic E-state index is 0.138. The van der Waals surface area contributed by atoms with Crippen molar-refractivity contribution in [3.63, 3.8) is 0 Å². The van der Waals surface area contributed by atoms with Crippen LogP contribution in [0.1, 0.15) is 252 Å². The summed E-state index contributed by atoms with van der Waals surface area (Å²) in [6.45, 7) is 4.46. The SMILES string of the molecule is CC/C=C\C/C=C\C/C=C\C/C=C\CCCCCCC(=O)OC(COC(=O)CCCCCCCCCCC/C=C\C/C=C\CCCCC)COP(=O)(O)OCC(CO)OC(=O)CCCCCCCCCCC. The average molecular weight is 1030 g/mol. The topological polar surface area (TPSA) is 155 Å². The summed E-state index contributed by atoms with van der Waals surface area (Å²) in [5.41, 5.74) is 0. The maximum absolute atomic E-state index is 12.9. The minimum Gasteiger partial charge on any atom is -0.462 e. The number of rotatable bonds is 53. The van der Waals surface area contributed by atoms with E-state index in [0.29, 0.717) is 19.3 Å². The number of aliphatic hydroxyl groups is 1. The Morgan fingerprint density at radius 3 is 1.14 bits per heavy atom. The molecule has 72 heavy (non-hydrogen) atoms. The van der Waals surface area contributed by atoms with Crippen LogP contribution >= 0.6 is 7.82 Å². The van der Waals surface area contributed by atoms with Crippen molar-refractivity contribution < 1.29 is 52.2 Å². The van der Waals surface area contributed by atoms with Gasteiger partial charge in [0.15, 0.2) is 6.10 Å². The first-order valence-corrected chi connectivity index (χ1v) is 30.3. The molecule has 0 aromatic carbocycles. The van der Waals surface area contributed by atoms with E-state index in [1.54, 1.807) is 0 Å². The highest BCUT2D eigenvalue weighted by Gasteiger charge is 2.28. The van der Waals surface area contributed by atoms with E-state index in [9.17, 15) is 28.9 Å². The number of carbonyl (C=O) groups is 3. The fourth-order valence-electron chi connectivity index (χ4n) is 7.73. The lowest BCUT2D eigenvalue weighted by Gasteiger charge is -2.21. The van der Waals surface area contributed by atoms with Crippen molar-refractivity contribution >= 4 is 25.7 Å². The Balaban J connectivity index is 4.75. The van der Waals surface area contributed by atoms with Gasteiger partial charge in [0.1, 0.15) is 12.7 Å². The molecule has 0 amide bonds. The van der Waals surface area contributed by atoms with Gasteiger partial charge in [0, 0.05) is 19.3 Å². The third-order valence-corrected chi connectivity index (χ3v) is 13.1. The van der Waals surface area contributed by atoms with Crippen molar-refractivity contribution in [2.24, 2.45) is 0 Å². The molecule has 0 aromatic rings. The zero-order chi connectivity index (χ0) is 52.7. The molecule has 11 nitrogen and oxygen atoms in total. The third kappa shape index (κ3) is 51.8. The molecule has 0 fully saturated rings. The van der Waals surface area contributed by atoms with Gasteiger partial charge in [-0.05, 0) is 89.9 Å². The van der Waals surface area contributed by atoms with Crippen molar-refractivity contribution in [3.8, 4) is 0 Å². The molecule has 416 valence electrons. The maximum atomic E-state index is 12.9. The lowest BCUT2D eigenvalue weighted by molar-refractivity contribution is -0.161. The van der Waals surface area contributed by atoms with Gasteiger partial charge in [-0.1, -0.05) is 216 Å². The van der Waals surface area contributed by atoms with Gasteiger partial charge >= 0.3 is 25.7 Å².